The molecule has 0 aliphatic carbocycles. The van der Waals surface area contributed by atoms with Gasteiger partial charge < -0.3 is 15.0 Å². The van der Waals surface area contributed by atoms with Crippen LogP contribution in [0.4, 0.5) is 0 Å². The molecule has 1 aliphatic rings. The minimum atomic E-state index is -0.492. The van der Waals surface area contributed by atoms with Gasteiger partial charge in [-0.15, -0.1) is 0 Å². The van der Waals surface area contributed by atoms with E-state index in [4.69, 9.17) is 15.5 Å². The summed E-state index contributed by atoms with van der Waals surface area (Å²) in [5, 5.41) is 3.42. The number of rotatable bonds is 5. The molecule has 0 saturated carbocycles. The van der Waals surface area contributed by atoms with Crippen LogP contribution in [0.2, 0.25) is 0 Å². The highest BCUT2D eigenvalue weighted by Crippen LogP contribution is 2.40. The van der Waals surface area contributed by atoms with Gasteiger partial charge in [0.15, 0.2) is 0 Å². The maximum absolute atomic E-state index is 12.4. The fraction of sp³-hybridized carbons (Fsp3) is 0.206. The summed E-state index contributed by atoms with van der Waals surface area (Å²) in [5.74, 6) is 0.0500. The van der Waals surface area contributed by atoms with Gasteiger partial charge >= 0.3 is 0 Å². The van der Waals surface area contributed by atoms with Gasteiger partial charge in [-0.25, -0.2) is 4.98 Å². The summed E-state index contributed by atoms with van der Waals surface area (Å²) in [6.45, 7) is 3.67. The topological polar surface area (TPSA) is 83.0 Å². The highest BCUT2D eigenvalue weighted by molar-refractivity contribution is 6.16. The zero-order valence-corrected chi connectivity index (χ0v) is 22.4. The Morgan fingerprint density at radius 2 is 1.70 bits per heavy atom. The van der Waals surface area contributed by atoms with E-state index in [0.717, 1.165) is 81.1 Å². The summed E-state index contributed by atoms with van der Waals surface area (Å²) in [4.78, 5) is 21.8. The molecule has 0 radical (unpaired) electrons. The van der Waals surface area contributed by atoms with Crippen LogP contribution >= 0.6 is 0 Å². The molecule has 0 bridgehead atoms. The summed E-state index contributed by atoms with van der Waals surface area (Å²) in [6.07, 6.45) is 5.65. The number of fused-ring (bicyclic) bond motifs is 4. The van der Waals surface area contributed by atoms with Crippen LogP contribution in [0, 0.1) is 5.92 Å². The molecular formula is C34H30N4O2. The zero-order chi connectivity index (χ0) is 27.2. The van der Waals surface area contributed by atoms with Crippen molar-refractivity contribution in [3.63, 3.8) is 0 Å². The van der Waals surface area contributed by atoms with Crippen molar-refractivity contribution in [1.82, 2.24) is 14.5 Å². The molecule has 1 atom stereocenters. The number of carbonyl (C=O) groups is 1. The Labute approximate surface area is 232 Å². The highest BCUT2D eigenvalue weighted by Gasteiger charge is 2.27. The van der Waals surface area contributed by atoms with Crippen molar-refractivity contribution in [2.24, 2.45) is 11.7 Å². The van der Waals surface area contributed by atoms with Gasteiger partial charge in [0.2, 0.25) is 0 Å². The number of carbonyl (C=O) groups excluding carboxylic acids is 1. The van der Waals surface area contributed by atoms with E-state index in [2.05, 4.69) is 77.1 Å². The number of aromatic nitrogens is 3. The lowest BCUT2D eigenvalue weighted by Gasteiger charge is -2.29. The predicted molar refractivity (Wildman–Crippen MR) is 160 cm³/mol. The van der Waals surface area contributed by atoms with E-state index in [1.807, 2.05) is 24.4 Å². The average molecular weight is 527 g/mol. The number of para-hydroxylation sites is 2. The van der Waals surface area contributed by atoms with Crippen molar-refractivity contribution >= 4 is 38.6 Å². The Balaban J connectivity index is 1.45. The van der Waals surface area contributed by atoms with Crippen molar-refractivity contribution in [2.75, 3.05) is 13.2 Å². The van der Waals surface area contributed by atoms with E-state index in [1.165, 1.54) is 0 Å². The number of pyridine rings is 2. The summed E-state index contributed by atoms with van der Waals surface area (Å²) in [7, 11) is 0. The first-order chi connectivity index (χ1) is 19.6. The third-order valence-electron chi connectivity index (χ3n) is 8.46. The van der Waals surface area contributed by atoms with Crippen LogP contribution in [0.3, 0.4) is 0 Å². The first kappa shape index (κ1) is 24.5. The van der Waals surface area contributed by atoms with Crippen molar-refractivity contribution in [3.8, 4) is 16.8 Å². The number of primary amides is 1. The minimum Gasteiger partial charge on any atom is -0.381 e. The van der Waals surface area contributed by atoms with Crippen LogP contribution in [0.5, 0.6) is 0 Å². The van der Waals surface area contributed by atoms with Crippen molar-refractivity contribution in [3.05, 3.63) is 103 Å². The number of nitrogens with two attached hydrogens (primary N) is 1. The Hall–Kier alpha value is -4.55. The van der Waals surface area contributed by atoms with Crippen LogP contribution in [0.1, 0.15) is 41.7 Å². The summed E-state index contributed by atoms with van der Waals surface area (Å²) < 4.78 is 7.85. The Morgan fingerprint density at radius 1 is 0.925 bits per heavy atom. The van der Waals surface area contributed by atoms with Crippen molar-refractivity contribution in [2.45, 2.75) is 25.7 Å². The fourth-order valence-corrected chi connectivity index (χ4v) is 6.37. The normalized spacial score (nSPS) is 15.1. The lowest BCUT2D eigenvalue weighted by molar-refractivity contribution is 0.0594. The first-order valence-corrected chi connectivity index (χ1v) is 13.9. The van der Waals surface area contributed by atoms with Crippen LogP contribution in [-0.4, -0.2) is 33.7 Å². The molecular weight excluding hydrogens is 496 g/mol. The van der Waals surface area contributed by atoms with Crippen molar-refractivity contribution in [1.29, 1.82) is 0 Å². The van der Waals surface area contributed by atoms with Gasteiger partial charge in [-0.3, -0.25) is 9.78 Å². The van der Waals surface area contributed by atoms with Crippen LogP contribution < -0.4 is 5.73 Å². The number of nitrogens with zero attached hydrogens (tertiary/aromatic N) is 3. The highest BCUT2D eigenvalue weighted by atomic mass is 16.5. The molecule has 1 aliphatic heterocycles. The van der Waals surface area contributed by atoms with Crippen molar-refractivity contribution < 1.29 is 9.53 Å². The minimum absolute atomic E-state index is 0.131. The average Bonchev–Trinajstić information content (AvgIpc) is 3.35. The Kier molecular flexibility index (Phi) is 6.05. The van der Waals surface area contributed by atoms with Gasteiger partial charge in [0.1, 0.15) is 5.69 Å². The second-order valence-electron chi connectivity index (χ2n) is 10.7. The maximum atomic E-state index is 12.4. The number of benzene rings is 3. The summed E-state index contributed by atoms with van der Waals surface area (Å²) >= 11 is 0. The molecule has 198 valence electrons. The van der Waals surface area contributed by atoms with E-state index >= 15 is 0 Å². The molecule has 6 heteroatoms. The van der Waals surface area contributed by atoms with Gasteiger partial charge in [0.25, 0.3) is 5.91 Å². The molecule has 6 aromatic rings. The molecule has 4 heterocycles. The van der Waals surface area contributed by atoms with Gasteiger partial charge in [-0.1, -0.05) is 55.5 Å². The SMILES string of the molecule is CC(c1cc(-n2c3ccccc3c3c(-c4cnc5ccccc5c4)cccc32)cnc1C(N)=O)C1CCOCC1. The number of hydrogen-bond donors (Lipinski definition) is 1. The smallest absolute Gasteiger partial charge is 0.267 e. The molecule has 3 aromatic heterocycles. The van der Waals surface area contributed by atoms with Gasteiger partial charge in [0.05, 0.1) is 28.4 Å². The second kappa shape index (κ2) is 9.88. The number of amides is 1. The van der Waals surface area contributed by atoms with E-state index in [-0.39, 0.29) is 5.92 Å². The molecule has 3 aromatic carbocycles. The standard InChI is InChI=1S/C34H30N4O2/c1-21(22-13-15-40-16-14-22)28-18-25(20-37-33(28)34(35)39)38-30-11-5-3-8-27(30)32-26(9-6-12-31(32)38)24-17-23-7-2-4-10-29(23)36-19-24/h2-12,17-22H,13-16H2,1H3,(H2,35,39). The Morgan fingerprint density at radius 3 is 2.55 bits per heavy atom. The van der Waals surface area contributed by atoms with Gasteiger partial charge in [0, 0.05) is 41.1 Å². The summed E-state index contributed by atoms with van der Waals surface area (Å²) in [6, 6.07) is 27.4. The number of ether oxygens (including phenoxy) is 1. The third-order valence-corrected chi connectivity index (χ3v) is 8.46. The van der Waals surface area contributed by atoms with E-state index in [9.17, 15) is 4.79 Å². The molecule has 1 amide bonds. The molecule has 1 unspecified atom stereocenters. The molecule has 1 fully saturated rings. The monoisotopic (exact) mass is 526 g/mol. The molecule has 7 rings (SSSR count). The summed E-state index contributed by atoms with van der Waals surface area (Å²) in [5.41, 5.74) is 13.3. The molecule has 40 heavy (non-hydrogen) atoms. The first-order valence-electron chi connectivity index (χ1n) is 13.9. The zero-order valence-electron chi connectivity index (χ0n) is 22.4. The van der Waals surface area contributed by atoms with E-state index < -0.39 is 5.91 Å². The fourth-order valence-electron chi connectivity index (χ4n) is 6.37. The Bertz CT molecular complexity index is 1900. The maximum Gasteiger partial charge on any atom is 0.267 e. The number of hydrogen-bond acceptors (Lipinski definition) is 4. The van der Waals surface area contributed by atoms with Gasteiger partial charge in [-0.05, 0) is 66.1 Å². The lowest BCUT2D eigenvalue weighted by atomic mass is 9.82. The third kappa shape index (κ3) is 4.03. The van der Waals surface area contributed by atoms with Crippen LogP contribution in [0.25, 0.3) is 49.5 Å². The van der Waals surface area contributed by atoms with Crippen LogP contribution in [0.15, 0.2) is 91.3 Å². The molecule has 6 nitrogen and oxygen atoms in total. The molecule has 2 N–H and O–H groups in total. The van der Waals surface area contributed by atoms with Gasteiger partial charge in [-0.2, -0.15) is 0 Å². The van der Waals surface area contributed by atoms with E-state index in [1.54, 1.807) is 6.20 Å². The molecule has 0 spiro atoms. The predicted octanol–water partition coefficient (Wildman–Crippen LogP) is 7.02. The lowest BCUT2D eigenvalue weighted by Crippen LogP contribution is -2.24. The largest absolute Gasteiger partial charge is 0.381 e. The molecule has 1 saturated heterocycles. The van der Waals surface area contributed by atoms with E-state index in [0.29, 0.717) is 11.6 Å². The van der Waals surface area contributed by atoms with Crippen LogP contribution in [-0.2, 0) is 4.74 Å². The quantitative estimate of drug-likeness (QED) is 0.262. The second-order valence-corrected chi connectivity index (χ2v) is 10.7.